The molecule has 0 radical (unpaired) electrons. The average molecular weight is 405 g/mol. The first kappa shape index (κ1) is 17.9. The maximum absolute atomic E-state index is 12.6. The van der Waals surface area contributed by atoms with Gasteiger partial charge in [-0.15, -0.1) is 11.3 Å². The summed E-state index contributed by atoms with van der Waals surface area (Å²) in [6.07, 6.45) is 3.79. The first-order valence-corrected chi connectivity index (χ1v) is 10.3. The van der Waals surface area contributed by atoms with E-state index >= 15 is 0 Å². The number of nitrogens with zero attached hydrogens (tertiary/aromatic N) is 3. The van der Waals surface area contributed by atoms with Crippen molar-refractivity contribution in [2.45, 2.75) is 12.8 Å². The predicted octanol–water partition coefficient (Wildman–Crippen LogP) is 4.86. The lowest BCUT2D eigenvalue weighted by atomic mass is 10.0. The van der Waals surface area contributed by atoms with Crippen molar-refractivity contribution in [1.82, 2.24) is 15.0 Å². The SMILES string of the molecule is COc1ccc(-c2ccc3c(-c4ncc(C(=O)N5CCCC5)s4)noc3c2)cc1. The predicted molar refractivity (Wildman–Crippen MR) is 112 cm³/mol. The summed E-state index contributed by atoms with van der Waals surface area (Å²) in [6, 6.07) is 13.9. The van der Waals surface area contributed by atoms with Crippen molar-refractivity contribution in [1.29, 1.82) is 0 Å². The lowest BCUT2D eigenvalue weighted by Crippen LogP contribution is -2.26. The van der Waals surface area contributed by atoms with Crippen molar-refractivity contribution in [2.24, 2.45) is 0 Å². The molecule has 1 aliphatic heterocycles. The molecule has 1 saturated heterocycles. The summed E-state index contributed by atoms with van der Waals surface area (Å²) in [5.74, 6) is 0.876. The number of carbonyl (C=O) groups excluding carboxylic acids is 1. The molecule has 0 saturated carbocycles. The van der Waals surface area contributed by atoms with E-state index in [-0.39, 0.29) is 5.91 Å². The smallest absolute Gasteiger partial charge is 0.265 e. The Morgan fingerprint density at radius 3 is 2.62 bits per heavy atom. The number of methoxy groups -OCH3 is 1. The molecule has 0 bridgehead atoms. The van der Waals surface area contributed by atoms with E-state index in [1.54, 1.807) is 13.3 Å². The number of fused-ring (bicyclic) bond motifs is 1. The van der Waals surface area contributed by atoms with Gasteiger partial charge in [-0.1, -0.05) is 23.4 Å². The number of amides is 1. The maximum Gasteiger partial charge on any atom is 0.265 e. The zero-order valence-corrected chi connectivity index (χ0v) is 16.7. The number of ether oxygens (including phenoxy) is 1. The summed E-state index contributed by atoms with van der Waals surface area (Å²) < 4.78 is 10.8. The van der Waals surface area contributed by atoms with Gasteiger partial charge in [0, 0.05) is 13.1 Å². The zero-order chi connectivity index (χ0) is 19.8. The van der Waals surface area contributed by atoms with Gasteiger partial charge in [-0.05, 0) is 48.2 Å². The van der Waals surface area contributed by atoms with Gasteiger partial charge in [0.1, 0.15) is 21.3 Å². The van der Waals surface area contributed by atoms with Crippen LogP contribution >= 0.6 is 11.3 Å². The molecule has 1 amide bonds. The summed E-state index contributed by atoms with van der Waals surface area (Å²) >= 11 is 1.37. The lowest BCUT2D eigenvalue weighted by molar-refractivity contribution is 0.0797. The van der Waals surface area contributed by atoms with Crippen molar-refractivity contribution >= 4 is 28.2 Å². The fraction of sp³-hybridized carbons (Fsp3) is 0.227. The Kier molecular flexibility index (Phi) is 4.52. The van der Waals surface area contributed by atoms with Crippen LogP contribution in [0.25, 0.3) is 32.8 Å². The topological polar surface area (TPSA) is 68.5 Å². The van der Waals surface area contributed by atoms with Crippen LogP contribution < -0.4 is 4.74 Å². The fourth-order valence-corrected chi connectivity index (χ4v) is 4.49. The highest BCUT2D eigenvalue weighted by Crippen LogP contribution is 2.34. The summed E-state index contributed by atoms with van der Waals surface area (Å²) in [5.41, 5.74) is 3.47. The highest BCUT2D eigenvalue weighted by atomic mass is 32.1. The molecule has 1 aliphatic rings. The summed E-state index contributed by atoms with van der Waals surface area (Å²) in [7, 11) is 1.65. The standard InChI is InChI=1S/C22H19N3O3S/c1-27-16-7-4-14(5-8-16)15-6-9-17-18(12-15)28-24-20(17)21-23-13-19(29-21)22(26)25-10-2-3-11-25/h4-9,12-13H,2-3,10-11H2,1H3. The number of rotatable bonds is 4. The molecule has 0 spiro atoms. The Labute approximate surface area is 171 Å². The Bertz CT molecular complexity index is 1170. The molecule has 29 heavy (non-hydrogen) atoms. The van der Waals surface area contributed by atoms with Crippen LogP contribution in [-0.4, -0.2) is 41.1 Å². The van der Waals surface area contributed by atoms with Gasteiger partial charge in [0.25, 0.3) is 5.91 Å². The van der Waals surface area contributed by atoms with Crippen molar-refractivity contribution < 1.29 is 14.1 Å². The number of benzene rings is 2. The van der Waals surface area contributed by atoms with Gasteiger partial charge in [-0.3, -0.25) is 4.79 Å². The molecular weight excluding hydrogens is 386 g/mol. The molecule has 0 atom stereocenters. The number of hydrogen-bond donors (Lipinski definition) is 0. The van der Waals surface area contributed by atoms with Crippen LogP contribution in [0.3, 0.4) is 0 Å². The maximum atomic E-state index is 12.6. The van der Waals surface area contributed by atoms with Crippen molar-refractivity contribution in [3.8, 4) is 27.6 Å². The van der Waals surface area contributed by atoms with Crippen LogP contribution in [0.1, 0.15) is 22.5 Å². The molecule has 0 unspecified atom stereocenters. The molecule has 0 aliphatic carbocycles. The van der Waals surface area contributed by atoms with E-state index in [9.17, 15) is 4.79 Å². The fourth-order valence-electron chi connectivity index (χ4n) is 3.61. The van der Waals surface area contributed by atoms with Crippen LogP contribution in [0.5, 0.6) is 5.75 Å². The summed E-state index contributed by atoms with van der Waals surface area (Å²) in [6.45, 7) is 1.65. The second-order valence-electron chi connectivity index (χ2n) is 7.00. The molecule has 3 heterocycles. The molecule has 146 valence electrons. The van der Waals surface area contributed by atoms with Gasteiger partial charge in [0.15, 0.2) is 5.58 Å². The van der Waals surface area contributed by atoms with E-state index in [2.05, 4.69) is 10.1 Å². The Hall–Kier alpha value is -3.19. The van der Waals surface area contributed by atoms with Crippen LogP contribution in [0.2, 0.25) is 0 Å². The van der Waals surface area contributed by atoms with E-state index in [4.69, 9.17) is 9.26 Å². The van der Waals surface area contributed by atoms with Gasteiger partial charge in [0.05, 0.1) is 18.7 Å². The largest absolute Gasteiger partial charge is 0.497 e. The van der Waals surface area contributed by atoms with Crippen LogP contribution in [0.15, 0.2) is 53.2 Å². The van der Waals surface area contributed by atoms with Crippen molar-refractivity contribution in [3.05, 3.63) is 53.5 Å². The minimum Gasteiger partial charge on any atom is -0.497 e. The molecule has 2 aromatic heterocycles. The quantitative estimate of drug-likeness (QED) is 0.485. The minimum atomic E-state index is 0.0563. The lowest BCUT2D eigenvalue weighted by Gasteiger charge is -2.12. The Balaban J connectivity index is 1.45. The zero-order valence-electron chi connectivity index (χ0n) is 15.9. The van der Waals surface area contributed by atoms with Gasteiger partial charge < -0.3 is 14.2 Å². The Morgan fingerprint density at radius 2 is 1.86 bits per heavy atom. The monoisotopic (exact) mass is 405 g/mol. The van der Waals surface area contributed by atoms with E-state index < -0.39 is 0 Å². The third kappa shape index (κ3) is 3.27. The second kappa shape index (κ2) is 7.33. The van der Waals surface area contributed by atoms with E-state index in [0.717, 1.165) is 48.2 Å². The number of carbonyl (C=O) groups is 1. The minimum absolute atomic E-state index is 0.0563. The molecule has 4 aromatic rings. The van der Waals surface area contributed by atoms with Gasteiger partial charge in [-0.25, -0.2) is 4.98 Å². The molecule has 5 rings (SSSR count). The molecular formula is C22H19N3O3S. The molecule has 7 heteroatoms. The average Bonchev–Trinajstić information content (AvgIpc) is 3.53. The first-order chi connectivity index (χ1) is 14.2. The van der Waals surface area contributed by atoms with Gasteiger partial charge >= 0.3 is 0 Å². The normalized spacial score (nSPS) is 13.9. The van der Waals surface area contributed by atoms with Crippen LogP contribution in [0, 0.1) is 0 Å². The van der Waals surface area contributed by atoms with E-state index in [0.29, 0.717) is 21.2 Å². The van der Waals surface area contributed by atoms with E-state index in [1.807, 2.05) is 47.4 Å². The Morgan fingerprint density at radius 1 is 1.10 bits per heavy atom. The third-order valence-corrected chi connectivity index (χ3v) is 6.20. The number of aromatic nitrogens is 2. The summed E-state index contributed by atoms with van der Waals surface area (Å²) in [4.78, 5) is 19.6. The highest BCUT2D eigenvalue weighted by Gasteiger charge is 2.23. The van der Waals surface area contributed by atoms with Gasteiger partial charge in [-0.2, -0.15) is 0 Å². The highest BCUT2D eigenvalue weighted by molar-refractivity contribution is 7.17. The number of thiazole rings is 1. The van der Waals surface area contributed by atoms with E-state index in [1.165, 1.54) is 11.3 Å². The van der Waals surface area contributed by atoms with Gasteiger partial charge in [0.2, 0.25) is 0 Å². The first-order valence-electron chi connectivity index (χ1n) is 9.52. The molecule has 6 nitrogen and oxygen atoms in total. The van der Waals surface area contributed by atoms with Crippen molar-refractivity contribution in [3.63, 3.8) is 0 Å². The van der Waals surface area contributed by atoms with Crippen LogP contribution in [-0.2, 0) is 0 Å². The number of hydrogen-bond acceptors (Lipinski definition) is 6. The molecule has 1 fully saturated rings. The van der Waals surface area contributed by atoms with Crippen molar-refractivity contribution in [2.75, 3.05) is 20.2 Å². The summed E-state index contributed by atoms with van der Waals surface area (Å²) in [5, 5.41) is 5.81. The van der Waals surface area contributed by atoms with Crippen LogP contribution in [0.4, 0.5) is 0 Å². The third-order valence-electron chi connectivity index (χ3n) is 5.21. The molecule has 0 N–H and O–H groups in total. The number of likely N-dealkylation sites (tertiary alicyclic amines) is 1. The molecule has 2 aromatic carbocycles. The second-order valence-corrected chi connectivity index (χ2v) is 8.03.